The minimum atomic E-state index is -0.145. The lowest BCUT2D eigenvalue weighted by atomic mass is 10.0. The van der Waals surface area contributed by atoms with Gasteiger partial charge >= 0.3 is 0 Å². The summed E-state index contributed by atoms with van der Waals surface area (Å²) in [5.41, 5.74) is 3.04. The molecule has 24 heavy (non-hydrogen) atoms. The van der Waals surface area contributed by atoms with Gasteiger partial charge in [0.15, 0.2) is 0 Å². The lowest BCUT2D eigenvalue weighted by molar-refractivity contribution is 0.263. The lowest BCUT2D eigenvalue weighted by Gasteiger charge is -2.24. The number of rotatable bonds is 3. The zero-order valence-corrected chi connectivity index (χ0v) is 13.8. The van der Waals surface area contributed by atoms with Crippen LogP contribution >= 0.6 is 0 Å². The molecule has 0 saturated carbocycles. The molecule has 0 aliphatic carbocycles. The van der Waals surface area contributed by atoms with Gasteiger partial charge in [-0.15, -0.1) is 0 Å². The van der Waals surface area contributed by atoms with Crippen LogP contribution in [0.3, 0.4) is 0 Å². The first-order valence-corrected chi connectivity index (χ1v) is 8.56. The maximum absolute atomic E-state index is 11.9. The van der Waals surface area contributed by atoms with Crippen LogP contribution in [-0.4, -0.2) is 28.2 Å². The fraction of sp³-hybridized carbons (Fsp3) is 0.300. The minimum Gasteiger partial charge on any atom is -0.297 e. The summed E-state index contributed by atoms with van der Waals surface area (Å²) in [6, 6.07) is 16.6. The molecule has 0 amide bonds. The summed E-state index contributed by atoms with van der Waals surface area (Å²) in [5, 5.41) is 8.46. The summed E-state index contributed by atoms with van der Waals surface area (Å²) in [6.07, 6.45) is 2.60. The predicted octanol–water partition coefficient (Wildman–Crippen LogP) is 3.75. The van der Waals surface area contributed by atoms with Gasteiger partial charge in [-0.2, -0.15) is 5.10 Å². The Morgan fingerprint density at radius 3 is 2.38 bits per heavy atom. The zero-order valence-electron chi connectivity index (χ0n) is 13.8. The van der Waals surface area contributed by atoms with E-state index in [4.69, 9.17) is 0 Å². The number of fused-ring (bicyclic) bond motifs is 1. The average molecular weight is 319 g/mol. The molecule has 2 heterocycles. The van der Waals surface area contributed by atoms with Crippen LogP contribution in [0.2, 0.25) is 0 Å². The summed E-state index contributed by atoms with van der Waals surface area (Å²) in [7, 11) is 0. The first-order valence-electron chi connectivity index (χ1n) is 8.56. The molecule has 0 unspecified atom stereocenters. The highest BCUT2D eigenvalue weighted by Crippen LogP contribution is 2.28. The average Bonchev–Trinajstić information content (AvgIpc) is 3.17. The number of hydrogen-bond donors (Lipinski definition) is 1. The third-order valence-electron chi connectivity index (χ3n) is 5.05. The molecule has 1 N–H and O–H groups in total. The highest BCUT2D eigenvalue weighted by atomic mass is 16.1. The number of aromatic nitrogens is 2. The zero-order chi connectivity index (χ0) is 16.5. The molecule has 1 saturated heterocycles. The fourth-order valence-corrected chi connectivity index (χ4v) is 3.59. The van der Waals surface area contributed by atoms with E-state index in [1.54, 1.807) is 0 Å². The van der Waals surface area contributed by atoms with Gasteiger partial charge < -0.3 is 0 Å². The van der Waals surface area contributed by atoms with E-state index >= 15 is 0 Å². The van der Waals surface area contributed by atoms with E-state index in [1.807, 2.05) is 24.3 Å². The van der Waals surface area contributed by atoms with Gasteiger partial charge in [0.2, 0.25) is 0 Å². The van der Waals surface area contributed by atoms with E-state index in [9.17, 15) is 4.79 Å². The van der Waals surface area contributed by atoms with E-state index in [2.05, 4.69) is 46.3 Å². The van der Waals surface area contributed by atoms with E-state index in [0.717, 1.165) is 16.6 Å². The summed E-state index contributed by atoms with van der Waals surface area (Å²) in [4.78, 5) is 14.5. The normalized spacial score (nSPS) is 16.5. The highest BCUT2D eigenvalue weighted by molar-refractivity contribution is 5.93. The quantitative estimate of drug-likeness (QED) is 0.800. The predicted molar refractivity (Wildman–Crippen MR) is 97.0 cm³/mol. The van der Waals surface area contributed by atoms with Gasteiger partial charge in [0.1, 0.15) is 0 Å². The molecule has 0 spiro atoms. The highest BCUT2D eigenvalue weighted by Gasteiger charge is 2.19. The topological polar surface area (TPSA) is 49.0 Å². The summed E-state index contributed by atoms with van der Waals surface area (Å²) >= 11 is 0. The molecule has 1 fully saturated rings. The molecule has 122 valence electrons. The molecule has 1 aromatic heterocycles. The fourth-order valence-electron chi connectivity index (χ4n) is 3.59. The van der Waals surface area contributed by atoms with Crippen molar-refractivity contribution in [2.45, 2.75) is 25.8 Å². The van der Waals surface area contributed by atoms with Crippen molar-refractivity contribution in [1.29, 1.82) is 0 Å². The Bertz CT molecular complexity index is 908. The number of aromatic amines is 1. The van der Waals surface area contributed by atoms with Crippen LogP contribution in [0.4, 0.5) is 0 Å². The van der Waals surface area contributed by atoms with Gasteiger partial charge in [-0.25, -0.2) is 5.10 Å². The second-order valence-corrected chi connectivity index (χ2v) is 6.49. The number of likely N-dealkylation sites (tertiary alicyclic amines) is 1. The van der Waals surface area contributed by atoms with E-state index in [0.29, 0.717) is 11.4 Å². The SMILES string of the molecule is C[C@@H](c1ccc(-c2n[nH]c(=O)c3ccccc23)cc1)N1CCCC1. The number of benzene rings is 2. The second kappa shape index (κ2) is 6.21. The Morgan fingerprint density at radius 1 is 1.00 bits per heavy atom. The molecule has 4 rings (SSSR count). The van der Waals surface area contributed by atoms with Gasteiger partial charge in [0.25, 0.3) is 5.56 Å². The molecular weight excluding hydrogens is 298 g/mol. The molecule has 0 bridgehead atoms. The van der Waals surface area contributed by atoms with Crippen molar-refractivity contribution >= 4 is 10.8 Å². The Morgan fingerprint density at radius 2 is 1.67 bits per heavy atom. The van der Waals surface area contributed by atoms with Crippen LogP contribution in [0.1, 0.15) is 31.4 Å². The Kier molecular flexibility index (Phi) is 3.90. The Balaban J connectivity index is 1.71. The molecule has 2 aromatic carbocycles. The molecule has 4 nitrogen and oxygen atoms in total. The van der Waals surface area contributed by atoms with Gasteiger partial charge in [-0.1, -0.05) is 42.5 Å². The Hall–Kier alpha value is -2.46. The number of hydrogen-bond acceptors (Lipinski definition) is 3. The Labute approximate surface area is 141 Å². The third kappa shape index (κ3) is 2.63. The first-order chi connectivity index (χ1) is 11.7. The standard InChI is InChI=1S/C20H21N3O/c1-14(23-12-4-5-13-23)15-8-10-16(11-9-15)19-17-6-2-3-7-18(17)20(24)22-21-19/h2-3,6-11,14H,4-5,12-13H2,1H3,(H,22,24)/t14-/m0/s1. The lowest BCUT2D eigenvalue weighted by Crippen LogP contribution is -2.23. The van der Waals surface area contributed by atoms with Gasteiger partial charge in [-0.05, 0) is 44.5 Å². The smallest absolute Gasteiger partial charge is 0.272 e. The van der Waals surface area contributed by atoms with Crippen LogP contribution in [0.15, 0.2) is 53.3 Å². The van der Waals surface area contributed by atoms with Crippen molar-refractivity contribution in [1.82, 2.24) is 15.1 Å². The molecule has 1 atom stereocenters. The summed E-state index contributed by atoms with van der Waals surface area (Å²) in [6.45, 7) is 4.65. The summed E-state index contributed by atoms with van der Waals surface area (Å²) < 4.78 is 0. The van der Waals surface area contributed by atoms with Crippen molar-refractivity contribution in [2.24, 2.45) is 0 Å². The number of nitrogens with one attached hydrogen (secondary N) is 1. The molecule has 1 aliphatic rings. The van der Waals surface area contributed by atoms with Crippen LogP contribution in [0, 0.1) is 0 Å². The monoisotopic (exact) mass is 319 g/mol. The van der Waals surface area contributed by atoms with Crippen LogP contribution in [0.25, 0.3) is 22.0 Å². The van der Waals surface area contributed by atoms with E-state index in [1.165, 1.54) is 31.5 Å². The van der Waals surface area contributed by atoms with Crippen LogP contribution < -0.4 is 5.56 Å². The van der Waals surface area contributed by atoms with E-state index in [-0.39, 0.29) is 5.56 Å². The van der Waals surface area contributed by atoms with Crippen molar-refractivity contribution in [3.63, 3.8) is 0 Å². The van der Waals surface area contributed by atoms with Gasteiger partial charge in [0.05, 0.1) is 11.1 Å². The maximum Gasteiger partial charge on any atom is 0.272 e. The summed E-state index contributed by atoms with van der Waals surface area (Å²) in [5.74, 6) is 0. The molecule has 4 heteroatoms. The number of nitrogens with zero attached hydrogens (tertiary/aromatic N) is 2. The second-order valence-electron chi connectivity index (χ2n) is 6.49. The van der Waals surface area contributed by atoms with E-state index < -0.39 is 0 Å². The van der Waals surface area contributed by atoms with Crippen LogP contribution in [0.5, 0.6) is 0 Å². The molecular formula is C20H21N3O. The first kappa shape index (κ1) is 15.1. The van der Waals surface area contributed by atoms with Gasteiger partial charge in [0, 0.05) is 17.0 Å². The van der Waals surface area contributed by atoms with Crippen molar-refractivity contribution < 1.29 is 0 Å². The largest absolute Gasteiger partial charge is 0.297 e. The van der Waals surface area contributed by atoms with Crippen molar-refractivity contribution in [2.75, 3.05) is 13.1 Å². The minimum absolute atomic E-state index is 0.145. The molecule has 3 aromatic rings. The number of H-pyrrole nitrogens is 1. The third-order valence-corrected chi connectivity index (χ3v) is 5.05. The van der Waals surface area contributed by atoms with Gasteiger partial charge in [-0.3, -0.25) is 9.69 Å². The molecule has 0 radical (unpaired) electrons. The van der Waals surface area contributed by atoms with Crippen molar-refractivity contribution in [3.05, 3.63) is 64.4 Å². The van der Waals surface area contributed by atoms with Crippen LogP contribution in [-0.2, 0) is 0 Å². The van der Waals surface area contributed by atoms with Crippen molar-refractivity contribution in [3.8, 4) is 11.3 Å². The maximum atomic E-state index is 11.9. The molecule has 1 aliphatic heterocycles.